The van der Waals surface area contributed by atoms with Crippen LogP contribution in [0.4, 0.5) is 14.5 Å². The fourth-order valence-corrected chi connectivity index (χ4v) is 1.24. The zero-order valence-corrected chi connectivity index (χ0v) is 7.80. The molecule has 0 amide bonds. The molecule has 0 aliphatic heterocycles. The van der Waals surface area contributed by atoms with Gasteiger partial charge in [0.15, 0.2) is 0 Å². The third-order valence-corrected chi connectivity index (χ3v) is 1.88. The highest BCUT2D eigenvalue weighted by Gasteiger charge is 2.00. The predicted octanol–water partition coefficient (Wildman–Crippen LogP) is 2.30. The molecule has 2 N–H and O–H groups in total. The second-order valence-corrected chi connectivity index (χ2v) is 3.05. The molecule has 78 valence electrons. The average molecular weight is 209 g/mol. The van der Waals surface area contributed by atoms with E-state index in [-0.39, 0.29) is 0 Å². The Hall–Kier alpha value is -1.91. The van der Waals surface area contributed by atoms with Crippen molar-refractivity contribution in [1.29, 1.82) is 0 Å². The molecule has 0 radical (unpaired) electrons. The molecule has 0 spiro atoms. The molecule has 15 heavy (non-hydrogen) atoms. The highest BCUT2D eigenvalue weighted by Crippen LogP contribution is 2.13. The summed E-state index contributed by atoms with van der Waals surface area (Å²) in [7, 11) is 0. The minimum Gasteiger partial charge on any atom is -0.378 e. The van der Waals surface area contributed by atoms with Gasteiger partial charge in [0.25, 0.3) is 0 Å². The molecule has 1 aromatic heterocycles. The summed E-state index contributed by atoms with van der Waals surface area (Å²) < 4.78 is 25.6. The maximum Gasteiger partial charge on any atom is 0.128 e. The van der Waals surface area contributed by atoms with Crippen molar-refractivity contribution in [3.8, 4) is 0 Å². The van der Waals surface area contributed by atoms with Crippen molar-refractivity contribution in [1.82, 2.24) is 9.97 Å². The monoisotopic (exact) mass is 209 g/mol. The zero-order chi connectivity index (χ0) is 10.7. The van der Waals surface area contributed by atoms with Gasteiger partial charge in [0, 0.05) is 24.1 Å². The van der Waals surface area contributed by atoms with Gasteiger partial charge in [0.1, 0.15) is 17.5 Å². The van der Waals surface area contributed by atoms with E-state index in [0.717, 1.165) is 6.07 Å². The number of hydrogen-bond acceptors (Lipinski definition) is 2. The zero-order valence-electron chi connectivity index (χ0n) is 7.80. The SMILES string of the molecule is Fc1cc(F)cc(NCc2ncc[nH]2)c1. The van der Waals surface area contributed by atoms with E-state index >= 15 is 0 Å². The first kappa shape index (κ1) is 9.64. The number of benzene rings is 1. The molecule has 5 heteroatoms. The van der Waals surface area contributed by atoms with Crippen molar-refractivity contribution < 1.29 is 8.78 Å². The number of hydrogen-bond donors (Lipinski definition) is 2. The first-order valence-corrected chi connectivity index (χ1v) is 4.42. The standard InChI is InChI=1S/C10H9F2N3/c11-7-3-8(12)5-9(4-7)15-6-10-13-1-2-14-10/h1-5,15H,6H2,(H,13,14). The number of nitrogens with zero attached hydrogens (tertiary/aromatic N) is 1. The summed E-state index contributed by atoms with van der Waals surface area (Å²) in [6.07, 6.45) is 3.30. The minimum atomic E-state index is -0.600. The van der Waals surface area contributed by atoms with Crippen molar-refractivity contribution >= 4 is 5.69 Å². The molecule has 0 aliphatic rings. The summed E-state index contributed by atoms with van der Waals surface area (Å²) in [6, 6.07) is 3.29. The summed E-state index contributed by atoms with van der Waals surface area (Å²) in [5.41, 5.74) is 0.393. The topological polar surface area (TPSA) is 40.7 Å². The molecule has 0 unspecified atom stereocenters. The van der Waals surface area contributed by atoms with Crippen LogP contribution in [0.1, 0.15) is 5.82 Å². The number of imidazole rings is 1. The van der Waals surface area contributed by atoms with Gasteiger partial charge in [-0.3, -0.25) is 0 Å². The van der Waals surface area contributed by atoms with Crippen LogP contribution in [0.25, 0.3) is 0 Å². The Morgan fingerprint density at radius 3 is 2.53 bits per heavy atom. The van der Waals surface area contributed by atoms with Gasteiger partial charge >= 0.3 is 0 Å². The van der Waals surface area contributed by atoms with E-state index in [4.69, 9.17) is 0 Å². The lowest BCUT2D eigenvalue weighted by atomic mass is 10.3. The Bertz CT molecular complexity index is 420. The number of nitrogens with one attached hydrogen (secondary N) is 2. The van der Waals surface area contributed by atoms with Crippen molar-refractivity contribution in [2.45, 2.75) is 6.54 Å². The van der Waals surface area contributed by atoms with Crippen molar-refractivity contribution in [2.75, 3.05) is 5.32 Å². The summed E-state index contributed by atoms with van der Waals surface area (Å²) in [6.45, 7) is 0.399. The van der Waals surface area contributed by atoms with Crippen LogP contribution in [0, 0.1) is 11.6 Å². The lowest BCUT2D eigenvalue weighted by Crippen LogP contribution is -2.01. The molecular weight excluding hydrogens is 200 g/mol. The minimum absolute atomic E-state index is 0.393. The number of aromatic nitrogens is 2. The highest BCUT2D eigenvalue weighted by atomic mass is 19.1. The van der Waals surface area contributed by atoms with E-state index in [0.29, 0.717) is 18.1 Å². The molecule has 0 atom stereocenters. The van der Waals surface area contributed by atoms with Crippen LogP contribution in [0.15, 0.2) is 30.6 Å². The number of aromatic amines is 1. The lowest BCUT2D eigenvalue weighted by Gasteiger charge is -2.04. The Morgan fingerprint density at radius 2 is 1.93 bits per heavy atom. The van der Waals surface area contributed by atoms with Crippen LogP contribution < -0.4 is 5.32 Å². The van der Waals surface area contributed by atoms with E-state index < -0.39 is 11.6 Å². The Balaban J connectivity index is 2.05. The van der Waals surface area contributed by atoms with Crippen LogP contribution in [0.2, 0.25) is 0 Å². The normalized spacial score (nSPS) is 10.3. The molecule has 0 fully saturated rings. The fourth-order valence-electron chi connectivity index (χ4n) is 1.24. The molecule has 0 saturated heterocycles. The lowest BCUT2D eigenvalue weighted by molar-refractivity contribution is 0.584. The van der Waals surface area contributed by atoms with Crippen molar-refractivity contribution in [3.63, 3.8) is 0 Å². The molecule has 2 aromatic rings. The first-order valence-electron chi connectivity index (χ1n) is 4.42. The second-order valence-electron chi connectivity index (χ2n) is 3.05. The van der Waals surface area contributed by atoms with Gasteiger partial charge in [-0.15, -0.1) is 0 Å². The maximum absolute atomic E-state index is 12.8. The van der Waals surface area contributed by atoms with E-state index in [1.807, 2.05) is 0 Å². The van der Waals surface area contributed by atoms with E-state index in [2.05, 4.69) is 15.3 Å². The summed E-state index contributed by atoms with van der Waals surface area (Å²) in [4.78, 5) is 6.85. The van der Waals surface area contributed by atoms with Crippen LogP contribution in [0.3, 0.4) is 0 Å². The first-order chi connectivity index (χ1) is 7.24. The van der Waals surface area contributed by atoms with Gasteiger partial charge in [0.05, 0.1) is 6.54 Å². The van der Waals surface area contributed by atoms with Crippen molar-refractivity contribution in [2.24, 2.45) is 0 Å². The number of halogens is 2. The van der Waals surface area contributed by atoms with Gasteiger partial charge in [-0.2, -0.15) is 0 Å². The molecule has 0 bridgehead atoms. The van der Waals surface area contributed by atoms with E-state index in [1.165, 1.54) is 12.1 Å². The van der Waals surface area contributed by atoms with Gasteiger partial charge in [0.2, 0.25) is 0 Å². The predicted molar refractivity (Wildman–Crippen MR) is 52.3 cm³/mol. The average Bonchev–Trinajstić information content (AvgIpc) is 2.65. The molecular formula is C10H9F2N3. The second kappa shape index (κ2) is 4.08. The third-order valence-electron chi connectivity index (χ3n) is 1.88. The largest absolute Gasteiger partial charge is 0.378 e. The van der Waals surface area contributed by atoms with Crippen LogP contribution >= 0.6 is 0 Å². The van der Waals surface area contributed by atoms with Gasteiger partial charge in [-0.1, -0.05) is 0 Å². The molecule has 1 heterocycles. The van der Waals surface area contributed by atoms with Crippen LogP contribution in [-0.2, 0) is 6.54 Å². The quantitative estimate of drug-likeness (QED) is 0.814. The Morgan fingerprint density at radius 1 is 1.20 bits per heavy atom. The number of rotatable bonds is 3. The van der Waals surface area contributed by atoms with Crippen LogP contribution in [0.5, 0.6) is 0 Å². The smallest absolute Gasteiger partial charge is 0.128 e. The summed E-state index contributed by atoms with van der Waals surface area (Å²) >= 11 is 0. The van der Waals surface area contributed by atoms with E-state index in [9.17, 15) is 8.78 Å². The fraction of sp³-hybridized carbons (Fsp3) is 0.100. The molecule has 1 aromatic carbocycles. The third kappa shape index (κ3) is 2.52. The molecule has 2 rings (SSSR count). The number of anilines is 1. The maximum atomic E-state index is 12.8. The van der Waals surface area contributed by atoms with Crippen LogP contribution in [-0.4, -0.2) is 9.97 Å². The Labute approximate surface area is 85.2 Å². The molecule has 0 saturated carbocycles. The molecule has 0 aliphatic carbocycles. The van der Waals surface area contributed by atoms with Crippen molar-refractivity contribution in [3.05, 3.63) is 48.1 Å². The van der Waals surface area contributed by atoms with E-state index in [1.54, 1.807) is 12.4 Å². The van der Waals surface area contributed by atoms with Gasteiger partial charge in [-0.05, 0) is 12.1 Å². The Kier molecular flexibility index (Phi) is 2.62. The van der Waals surface area contributed by atoms with Gasteiger partial charge in [-0.25, -0.2) is 13.8 Å². The summed E-state index contributed by atoms with van der Waals surface area (Å²) in [5.74, 6) is -0.492. The highest BCUT2D eigenvalue weighted by molar-refractivity contribution is 5.43. The number of H-pyrrole nitrogens is 1. The molecule has 3 nitrogen and oxygen atoms in total. The van der Waals surface area contributed by atoms with Gasteiger partial charge < -0.3 is 10.3 Å². The summed E-state index contributed by atoms with van der Waals surface area (Å²) in [5, 5.41) is 2.85.